The fourth-order valence-corrected chi connectivity index (χ4v) is 7.66. The molecule has 2 fully saturated rings. The number of aromatic hydroxyl groups is 3. The summed E-state index contributed by atoms with van der Waals surface area (Å²) in [5.74, 6) is 0.696. The van der Waals surface area contributed by atoms with Gasteiger partial charge in [0.25, 0.3) is 0 Å². The third-order valence-corrected chi connectivity index (χ3v) is 10.5. The Labute approximate surface area is 334 Å². The molecular formula is C43H56N6O8. The first-order chi connectivity index (χ1) is 27.6. The molecule has 9 N–H and O–H groups in total. The number of carbonyl (C=O) groups is 1. The van der Waals surface area contributed by atoms with E-state index in [-0.39, 0.29) is 53.8 Å². The number of carbonyl (C=O) groups excluding carboxylic acids is 1. The van der Waals surface area contributed by atoms with E-state index >= 15 is 0 Å². The van der Waals surface area contributed by atoms with Crippen molar-refractivity contribution in [1.82, 2.24) is 15.6 Å². The van der Waals surface area contributed by atoms with Crippen LogP contribution in [-0.4, -0.2) is 76.3 Å². The van der Waals surface area contributed by atoms with Crippen molar-refractivity contribution in [2.24, 2.45) is 16.5 Å². The lowest BCUT2D eigenvalue weighted by molar-refractivity contribution is -0.160. The molecule has 1 aliphatic carbocycles. The zero-order valence-corrected chi connectivity index (χ0v) is 32.6. The number of guanidine groups is 1. The number of dihydropyridines is 1. The number of aliphatic imine (C=N–C) groups is 1. The molecule has 0 amide bonds. The van der Waals surface area contributed by atoms with Crippen LogP contribution in [0, 0.1) is 0 Å². The van der Waals surface area contributed by atoms with Crippen molar-refractivity contribution in [3.8, 4) is 28.7 Å². The number of ether oxygens (including phenoxy) is 4. The van der Waals surface area contributed by atoms with Gasteiger partial charge in [0.15, 0.2) is 29.0 Å². The fourth-order valence-electron chi connectivity index (χ4n) is 7.66. The quantitative estimate of drug-likeness (QED) is 0.0323. The van der Waals surface area contributed by atoms with Crippen LogP contribution >= 0.6 is 0 Å². The van der Waals surface area contributed by atoms with Crippen LogP contribution in [0.1, 0.15) is 87.5 Å². The zero-order chi connectivity index (χ0) is 40.1. The first kappa shape index (κ1) is 41.0. The maximum atomic E-state index is 12.0. The van der Waals surface area contributed by atoms with Crippen molar-refractivity contribution >= 4 is 11.9 Å². The van der Waals surface area contributed by atoms with Gasteiger partial charge in [-0.15, -0.1) is 0 Å². The molecular weight excluding hydrogens is 729 g/mol. The van der Waals surface area contributed by atoms with Crippen LogP contribution in [0.2, 0.25) is 0 Å². The Kier molecular flexibility index (Phi) is 14.4. The summed E-state index contributed by atoms with van der Waals surface area (Å²) >= 11 is 0. The summed E-state index contributed by atoms with van der Waals surface area (Å²) in [7, 11) is 0. The van der Waals surface area contributed by atoms with Gasteiger partial charge < -0.3 is 56.4 Å². The first-order valence-electron chi connectivity index (χ1n) is 19.9. The smallest absolute Gasteiger partial charge is 0.302 e. The van der Waals surface area contributed by atoms with Gasteiger partial charge in [-0.05, 0) is 104 Å². The van der Waals surface area contributed by atoms with Crippen LogP contribution in [0.25, 0.3) is 0 Å². The molecule has 2 aromatic carbocycles. The van der Waals surface area contributed by atoms with Crippen molar-refractivity contribution in [1.29, 1.82) is 0 Å². The van der Waals surface area contributed by atoms with Gasteiger partial charge >= 0.3 is 5.97 Å². The molecule has 1 saturated heterocycles. The van der Waals surface area contributed by atoms with Crippen molar-refractivity contribution < 1.29 is 39.1 Å². The monoisotopic (exact) mass is 784 g/mol. The van der Waals surface area contributed by atoms with Gasteiger partial charge in [-0.2, -0.15) is 0 Å². The number of phenolic OH excluding ortho intramolecular Hbond substituents is 3. The Morgan fingerprint density at radius 1 is 1.02 bits per heavy atom. The molecule has 14 nitrogen and oxygen atoms in total. The van der Waals surface area contributed by atoms with E-state index in [1.54, 1.807) is 24.5 Å². The largest absolute Gasteiger partial charge is 0.504 e. The predicted octanol–water partition coefficient (Wildman–Crippen LogP) is 5.31. The molecule has 2 aliphatic heterocycles. The third-order valence-electron chi connectivity index (χ3n) is 10.5. The molecule has 14 heteroatoms. The Morgan fingerprint density at radius 3 is 2.70 bits per heavy atom. The molecule has 57 heavy (non-hydrogen) atoms. The molecule has 0 bridgehead atoms. The Hall–Kier alpha value is -5.63. The van der Waals surface area contributed by atoms with E-state index < -0.39 is 12.2 Å². The molecule has 1 aromatic heterocycles. The van der Waals surface area contributed by atoms with Gasteiger partial charge in [-0.25, -0.2) is 0 Å². The lowest BCUT2D eigenvalue weighted by Crippen LogP contribution is -2.44. The Bertz CT molecular complexity index is 1900. The minimum absolute atomic E-state index is 0.0740. The number of nitrogens with two attached hydrogens (primary N) is 2. The summed E-state index contributed by atoms with van der Waals surface area (Å²) in [6.07, 6.45) is 14.1. The summed E-state index contributed by atoms with van der Waals surface area (Å²) in [5, 5.41) is 38.4. The maximum Gasteiger partial charge on any atom is 0.302 e. The molecule has 1 saturated carbocycles. The Balaban J connectivity index is 1.03. The SMILES string of the molecule is CC(=O)OC1CC(CCc2ccc(O)c(OC3CCCC(NC(N)=NCCCC4=CCNC(N)=C4)C3)c2)OC(c2cc(O)c(O)c(OCCc3cccnc3)c2)C1. The number of nitrogens with one attached hydrogen (secondary N) is 2. The highest BCUT2D eigenvalue weighted by molar-refractivity contribution is 5.78. The molecule has 3 heterocycles. The molecule has 0 radical (unpaired) electrons. The maximum absolute atomic E-state index is 12.0. The number of aryl methyl sites for hydroxylation is 1. The molecule has 5 unspecified atom stereocenters. The van der Waals surface area contributed by atoms with Gasteiger partial charge in [0.1, 0.15) is 12.2 Å². The molecule has 306 valence electrons. The van der Waals surface area contributed by atoms with Gasteiger partial charge in [-0.1, -0.05) is 18.2 Å². The lowest BCUT2D eigenvalue weighted by Gasteiger charge is -2.35. The van der Waals surface area contributed by atoms with E-state index in [1.165, 1.54) is 18.6 Å². The van der Waals surface area contributed by atoms with Crippen molar-refractivity contribution in [3.63, 3.8) is 0 Å². The minimum atomic E-state index is -0.528. The van der Waals surface area contributed by atoms with E-state index in [9.17, 15) is 20.1 Å². The van der Waals surface area contributed by atoms with Crippen molar-refractivity contribution in [2.45, 2.75) is 108 Å². The van der Waals surface area contributed by atoms with Gasteiger partial charge in [0, 0.05) is 64.1 Å². The minimum Gasteiger partial charge on any atom is -0.504 e. The zero-order valence-electron chi connectivity index (χ0n) is 32.6. The van der Waals surface area contributed by atoms with E-state index in [2.05, 4.69) is 26.7 Å². The second-order valence-corrected chi connectivity index (χ2v) is 15.0. The number of phenols is 3. The highest BCUT2D eigenvalue weighted by atomic mass is 16.6. The highest BCUT2D eigenvalue weighted by Gasteiger charge is 2.33. The molecule has 6 rings (SSSR count). The number of pyridine rings is 1. The molecule has 3 aliphatic rings. The number of nitrogens with zero attached hydrogens (tertiary/aromatic N) is 2. The fraction of sp³-hybridized carbons (Fsp3) is 0.465. The summed E-state index contributed by atoms with van der Waals surface area (Å²) in [4.78, 5) is 20.7. The van der Waals surface area contributed by atoms with Crippen molar-refractivity contribution in [3.05, 3.63) is 95.1 Å². The summed E-state index contributed by atoms with van der Waals surface area (Å²) in [6, 6.07) is 12.4. The number of allylic oxidation sites excluding steroid dienone is 2. The summed E-state index contributed by atoms with van der Waals surface area (Å²) in [5.41, 5.74) is 15.9. The number of hydrogen-bond acceptors (Lipinski definition) is 12. The highest BCUT2D eigenvalue weighted by Crippen LogP contribution is 2.43. The normalized spacial score (nSPS) is 22.4. The van der Waals surface area contributed by atoms with Crippen LogP contribution in [0.4, 0.5) is 0 Å². The van der Waals surface area contributed by atoms with E-state index in [0.717, 1.165) is 56.2 Å². The first-order valence-corrected chi connectivity index (χ1v) is 19.9. The van der Waals surface area contributed by atoms with E-state index in [1.807, 2.05) is 30.3 Å². The van der Waals surface area contributed by atoms with Gasteiger partial charge in [-0.3, -0.25) is 14.8 Å². The van der Waals surface area contributed by atoms with Crippen LogP contribution in [0.3, 0.4) is 0 Å². The number of hydrogen-bond donors (Lipinski definition) is 7. The second-order valence-electron chi connectivity index (χ2n) is 15.0. The Morgan fingerprint density at radius 2 is 1.89 bits per heavy atom. The lowest BCUT2D eigenvalue weighted by atomic mass is 9.92. The van der Waals surface area contributed by atoms with Crippen LogP contribution in [0.15, 0.2) is 83.4 Å². The van der Waals surface area contributed by atoms with Crippen LogP contribution in [0.5, 0.6) is 28.7 Å². The standard InChI is InChI=1S/C43H56N6O8/c1-27(50)55-35-24-34(56-38(25-35)31-21-37(52)42(53)40(22-31)54-18-14-30-6-3-15-46-26-30)11-9-29-10-12-36(51)39(19-29)57-33-8-2-7-32(23-33)49-43(45)48-16-4-5-28-13-17-47-41(44)20-28/h3,6,10,12-13,15,19-22,26,32-35,38,47,51-53H,2,4-5,7-9,11,14,16-18,23-25,44H2,1H3,(H3,45,48,49). The predicted molar refractivity (Wildman–Crippen MR) is 216 cm³/mol. The summed E-state index contributed by atoms with van der Waals surface area (Å²) < 4.78 is 24.5. The molecule has 3 aromatic rings. The third kappa shape index (κ3) is 12.4. The topological polar surface area (TPSA) is 216 Å². The van der Waals surface area contributed by atoms with Crippen LogP contribution < -0.4 is 31.6 Å². The van der Waals surface area contributed by atoms with Crippen LogP contribution in [-0.2, 0) is 27.1 Å². The van der Waals surface area contributed by atoms with Gasteiger partial charge in [0.05, 0.1) is 24.6 Å². The number of esters is 1. The van der Waals surface area contributed by atoms with E-state index in [0.29, 0.717) is 61.7 Å². The average molecular weight is 785 g/mol. The van der Waals surface area contributed by atoms with Crippen molar-refractivity contribution in [2.75, 3.05) is 19.7 Å². The van der Waals surface area contributed by atoms with Gasteiger partial charge in [0.2, 0.25) is 5.75 Å². The number of rotatable bonds is 16. The number of aromatic nitrogens is 1. The molecule has 5 atom stereocenters. The van der Waals surface area contributed by atoms with E-state index in [4.69, 9.17) is 30.4 Å². The molecule has 0 spiro atoms. The summed E-state index contributed by atoms with van der Waals surface area (Å²) in [6.45, 7) is 3.01. The second kappa shape index (κ2) is 20.0. The number of benzene rings is 2. The average Bonchev–Trinajstić information content (AvgIpc) is 3.18.